The summed E-state index contributed by atoms with van der Waals surface area (Å²) in [6.45, 7) is 2.02. The van der Waals surface area contributed by atoms with Crippen LogP contribution in [-0.4, -0.2) is 18.7 Å². The van der Waals surface area contributed by atoms with E-state index in [1.54, 1.807) is 13.0 Å². The van der Waals surface area contributed by atoms with E-state index in [0.717, 1.165) is 0 Å². The van der Waals surface area contributed by atoms with E-state index in [1.165, 1.54) is 18.2 Å². The second-order valence-corrected chi connectivity index (χ2v) is 3.18. The maximum atomic E-state index is 13.0. The first-order valence-electron chi connectivity index (χ1n) is 4.55. The van der Waals surface area contributed by atoms with Crippen molar-refractivity contribution in [2.45, 2.75) is 13.0 Å². The maximum Gasteiger partial charge on any atom is 0.412 e. The lowest BCUT2D eigenvalue weighted by atomic mass is 10.3. The monoisotopic (exact) mass is 212 g/mol. The summed E-state index contributed by atoms with van der Waals surface area (Å²) >= 11 is 0. The summed E-state index contributed by atoms with van der Waals surface area (Å²) in [5, 5.41) is 2.40. The summed E-state index contributed by atoms with van der Waals surface area (Å²) in [5.74, 6) is -0.673. The van der Waals surface area contributed by atoms with Gasteiger partial charge < -0.3 is 15.8 Å². The number of amides is 1. The van der Waals surface area contributed by atoms with Crippen molar-refractivity contribution in [2.75, 3.05) is 6.54 Å². The second kappa shape index (κ2) is 5.31. The molecule has 1 atom stereocenters. The average Bonchev–Trinajstić information content (AvgIpc) is 2.18. The van der Waals surface area contributed by atoms with Crippen LogP contribution in [0.4, 0.5) is 9.18 Å². The zero-order chi connectivity index (χ0) is 11.3. The van der Waals surface area contributed by atoms with E-state index in [9.17, 15) is 9.18 Å². The number of rotatable bonds is 3. The van der Waals surface area contributed by atoms with Crippen molar-refractivity contribution in [3.8, 4) is 5.75 Å². The number of hydrogen-bond acceptors (Lipinski definition) is 3. The Morgan fingerprint density at radius 3 is 2.87 bits per heavy atom. The molecule has 3 N–H and O–H groups in total. The van der Waals surface area contributed by atoms with Crippen molar-refractivity contribution in [1.82, 2.24) is 5.32 Å². The molecular weight excluding hydrogens is 199 g/mol. The van der Waals surface area contributed by atoms with E-state index in [-0.39, 0.29) is 18.3 Å². The van der Waals surface area contributed by atoms with E-state index in [0.29, 0.717) is 0 Å². The molecule has 0 aliphatic rings. The molecule has 1 unspecified atom stereocenters. The Labute approximate surface area is 87.2 Å². The van der Waals surface area contributed by atoms with E-state index >= 15 is 0 Å². The Balaban J connectivity index is 2.48. The Kier molecular flexibility index (Phi) is 4.05. The van der Waals surface area contributed by atoms with Crippen LogP contribution in [0.15, 0.2) is 24.3 Å². The largest absolute Gasteiger partial charge is 0.412 e. The van der Waals surface area contributed by atoms with Crippen LogP contribution in [0.3, 0.4) is 0 Å². The summed E-state index contributed by atoms with van der Waals surface area (Å²) in [6.07, 6.45) is -0.711. The van der Waals surface area contributed by atoms with Crippen molar-refractivity contribution in [3.63, 3.8) is 0 Å². The molecule has 0 aromatic heterocycles. The quantitative estimate of drug-likeness (QED) is 0.792. The standard InChI is InChI=1S/C10H13FN2O2/c1-7(12)6-13-10(14)15-9-5-3-2-4-8(9)11/h2-5,7H,6,12H2,1H3,(H,13,14). The number of ether oxygens (including phenoxy) is 1. The molecular formula is C10H13FN2O2. The van der Waals surface area contributed by atoms with Gasteiger partial charge in [-0.25, -0.2) is 9.18 Å². The van der Waals surface area contributed by atoms with Crippen molar-refractivity contribution >= 4 is 6.09 Å². The molecule has 1 aromatic rings. The van der Waals surface area contributed by atoms with Gasteiger partial charge in [0.05, 0.1) is 0 Å². The maximum absolute atomic E-state index is 13.0. The third-order valence-electron chi connectivity index (χ3n) is 1.61. The summed E-state index contributed by atoms with van der Waals surface area (Å²) < 4.78 is 17.7. The summed E-state index contributed by atoms with van der Waals surface area (Å²) in [6, 6.07) is 5.52. The normalized spacial score (nSPS) is 11.9. The van der Waals surface area contributed by atoms with Crippen LogP contribution in [-0.2, 0) is 0 Å². The Morgan fingerprint density at radius 2 is 2.27 bits per heavy atom. The van der Waals surface area contributed by atoms with Crippen LogP contribution in [0.1, 0.15) is 6.92 Å². The van der Waals surface area contributed by atoms with Crippen LogP contribution in [0.25, 0.3) is 0 Å². The number of halogens is 1. The molecule has 1 amide bonds. The van der Waals surface area contributed by atoms with E-state index in [2.05, 4.69) is 5.32 Å². The van der Waals surface area contributed by atoms with Gasteiger partial charge in [0.25, 0.3) is 0 Å². The van der Waals surface area contributed by atoms with Gasteiger partial charge in [-0.2, -0.15) is 0 Å². The first-order valence-corrected chi connectivity index (χ1v) is 4.55. The molecule has 0 saturated heterocycles. The number of hydrogen-bond donors (Lipinski definition) is 2. The molecule has 0 spiro atoms. The molecule has 0 fully saturated rings. The fourth-order valence-electron chi connectivity index (χ4n) is 0.908. The van der Waals surface area contributed by atoms with E-state index in [1.807, 2.05) is 0 Å². The molecule has 1 rings (SSSR count). The van der Waals surface area contributed by atoms with Crippen molar-refractivity contribution < 1.29 is 13.9 Å². The minimum Gasteiger partial charge on any atom is -0.407 e. The van der Waals surface area contributed by atoms with Gasteiger partial charge in [-0.15, -0.1) is 0 Å². The molecule has 0 radical (unpaired) electrons. The van der Waals surface area contributed by atoms with Gasteiger partial charge in [0.1, 0.15) is 0 Å². The fourth-order valence-corrected chi connectivity index (χ4v) is 0.908. The lowest BCUT2D eigenvalue weighted by Gasteiger charge is -2.08. The highest BCUT2D eigenvalue weighted by molar-refractivity contribution is 5.70. The predicted molar refractivity (Wildman–Crippen MR) is 54.1 cm³/mol. The van der Waals surface area contributed by atoms with Crippen LogP contribution in [0.5, 0.6) is 5.75 Å². The Bertz CT molecular complexity index is 342. The minimum absolute atomic E-state index is 0.0975. The molecule has 5 heteroatoms. The predicted octanol–water partition coefficient (Wildman–Crippen LogP) is 1.26. The van der Waals surface area contributed by atoms with E-state index < -0.39 is 11.9 Å². The Hall–Kier alpha value is -1.62. The number of nitrogens with one attached hydrogen (secondary N) is 1. The second-order valence-electron chi connectivity index (χ2n) is 3.18. The molecule has 1 aromatic carbocycles. The zero-order valence-electron chi connectivity index (χ0n) is 8.37. The molecule has 82 valence electrons. The molecule has 0 aliphatic heterocycles. The van der Waals surface area contributed by atoms with Crippen molar-refractivity contribution in [2.24, 2.45) is 5.73 Å². The first kappa shape index (κ1) is 11.5. The van der Waals surface area contributed by atoms with Gasteiger partial charge in [0.15, 0.2) is 11.6 Å². The summed E-state index contributed by atoms with van der Waals surface area (Å²) in [4.78, 5) is 11.1. The van der Waals surface area contributed by atoms with Gasteiger partial charge >= 0.3 is 6.09 Å². The highest BCUT2D eigenvalue weighted by Gasteiger charge is 2.08. The fraction of sp³-hybridized carbons (Fsp3) is 0.300. The van der Waals surface area contributed by atoms with Crippen LogP contribution < -0.4 is 15.8 Å². The lowest BCUT2D eigenvalue weighted by molar-refractivity contribution is 0.198. The van der Waals surface area contributed by atoms with Crippen LogP contribution >= 0.6 is 0 Å². The van der Waals surface area contributed by atoms with Gasteiger partial charge in [0, 0.05) is 12.6 Å². The lowest BCUT2D eigenvalue weighted by Crippen LogP contribution is -2.36. The Morgan fingerprint density at radius 1 is 1.60 bits per heavy atom. The third kappa shape index (κ3) is 3.95. The number of carbonyl (C=O) groups excluding carboxylic acids is 1. The number of benzene rings is 1. The molecule has 4 nitrogen and oxygen atoms in total. The van der Waals surface area contributed by atoms with Gasteiger partial charge in [-0.3, -0.25) is 0 Å². The highest BCUT2D eigenvalue weighted by atomic mass is 19.1. The van der Waals surface area contributed by atoms with Gasteiger partial charge in [-0.1, -0.05) is 12.1 Å². The highest BCUT2D eigenvalue weighted by Crippen LogP contribution is 2.15. The molecule has 0 heterocycles. The minimum atomic E-state index is -0.711. The first-order chi connectivity index (χ1) is 7.09. The molecule has 0 aliphatic carbocycles. The molecule has 0 saturated carbocycles. The van der Waals surface area contributed by atoms with E-state index in [4.69, 9.17) is 10.5 Å². The smallest absolute Gasteiger partial charge is 0.407 e. The number of carbonyl (C=O) groups is 1. The summed E-state index contributed by atoms with van der Waals surface area (Å²) in [7, 11) is 0. The average molecular weight is 212 g/mol. The van der Waals surface area contributed by atoms with Crippen LogP contribution in [0.2, 0.25) is 0 Å². The SMILES string of the molecule is CC(N)CNC(=O)Oc1ccccc1F. The summed E-state index contributed by atoms with van der Waals surface area (Å²) in [5.41, 5.74) is 5.42. The number of nitrogens with two attached hydrogens (primary N) is 1. The zero-order valence-corrected chi connectivity index (χ0v) is 8.37. The number of para-hydroxylation sites is 1. The molecule has 15 heavy (non-hydrogen) atoms. The van der Waals surface area contributed by atoms with Crippen molar-refractivity contribution in [3.05, 3.63) is 30.1 Å². The van der Waals surface area contributed by atoms with Crippen molar-refractivity contribution in [1.29, 1.82) is 0 Å². The van der Waals surface area contributed by atoms with Gasteiger partial charge in [0.2, 0.25) is 0 Å². The molecule has 0 bridgehead atoms. The third-order valence-corrected chi connectivity index (χ3v) is 1.61. The van der Waals surface area contributed by atoms with Gasteiger partial charge in [-0.05, 0) is 19.1 Å². The topological polar surface area (TPSA) is 64.3 Å². The van der Waals surface area contributed by atoms with Crippen LogP contribution in [0, 0.1) is 5.82 Å².